The van der Waals surface area contributed by atoms with Crippen LogP contribution in [0.3, 0.4) is 0 Å². The normalized spacial score (nSPS) is 12.2. The highest BCUT2D eigenvalue weighted by Gasteiger charge is 2.34. The number of nitrogens with one attached hydrogen (secondary N) is 1. The smallest absolute Gasteiger partial charge is 0.244 e. The van der Waals surface area contributed by atoms with Crippen LogP contribution < -0.4 is 9.62 Å². The summed E-state index contributed by atoms with van der Waals surface area (Å²) >= 11 is 6.26. The minimum atomic E-state index is -3.94. The molecule has 214 valence electrons. The van der Waals surface area contributed by atoms with E-state index in [0.29, 0.717) is 17.1 Å². The van der Waals surface area contributed by atoms with Crippen molar-refractivity contribution in [1.82, 2.24) is 10.2 Å². The van der Waals surface area contributed by atoms with Crippen molar-refractivity contribution in [2.45, 2.75) is 39.8 Å². The Hall–Kier alpha value is -3.43. The first kappa shape index (κ1) is 31.1. The quantitative estimate of drug-likeness (QED) is 0.324. The van der Waals surface area contributed by atoms with E-state index in [-0.39, 0.29) is 30.1 Å². The van der Waals surface area contributed by atoms with Gasteiger partial charge in [-0.3, -0.25) is 13.9 Å². The lowest BCUT2D eigenvalue weighted by Gasteiger charge is -2.34. The Morgan fingerprint density at radius 3 is 2.25 bits per heavy atom. The highest BCUT2D eigenvalue weighted by Crippen LogP contribution is 2.28. The zero-order valence-corrected chi connectivity index (χ0v) is 24.7. The second-order valence-electron chi connectivity index (χ2n) is 10.1. The van der Waals surface area contributed by atoms with E-state index in [1.54, 1.807) is 31.2 Å². The molecular formula is C30H35ClFN3O4S. The zero-order chi connectivity index (χ0) is 29.4. The first-order chi connectivity index (χ1) is 18.9. The number of anilines is 1. The van der Waals surface area contributed by atoms with Crippen molar-refractivity contribution in [3.63, 3.8) is 0 Å². The minimum absolute atomic E-state index is 0.153. The van der Waals surface area contributed by atoms with Crippen LogP contribution in [-0.2, 0) is 32.6 Å². The summed E-state index contributed by atoms with van der Waals surface area (Å²) in [6.45, 7) is 5.11. The Kier molecular flexibility index (Phi) is 10.7. The molecule has 0 saturated carbocycles. The molecule has 1 atom stereocenters. The lowest BCUT2D eigenvalue weighted by atomic mass is 10.0. The van der Waals surface area contributed by atoms with Gasteiger partial charge in [-0.05, 0) is 42.2 Å². The standard InChI is InChI=1S/C30H35ClFN3O4S/c1-21(2)18-33-30(37)28(17-23-11-6-5-7-12-23)34(19-24-13-8-9-15-26(24)32)29(36)20-35(40(4,38)39)27-16-10-14-25(31)22(27)3/h5-16,21,28H,17-20H2,1-4H3,(H,33,37)/t28-/m0/s1. The third-order valence-electron chi connectivity index (χ3n) is 6.44. The molecule has 0 heterocycles. The number of nitrogens with zero attached hydrogens (tertiary/aromatic N) is 2. The fourth-order valence-electron chi connectivity index (χ4n) is 4.25. The van der Waals surface area contributed by atoms with E-state index in [9.17, 15) is 22.4 Å². The maximum absolute atomic E-state index is 14.8. The Labute approximate surface area is 241 Å². The number of rotatable bonds is 12. The van der Waals surface area contributed by atoms with Crippen LogP contribution in [0.1, 0.15) is 30.5 Å². The van der Waals surface area contributed by atoms with Gasteiger partial charge in [-0.15, -0.1) is 0 Å². The Balaban J connectivity index is 2.08. The summed E-state index contributed by atoms with van der Waals surface area (Å²) < 4.78 is 41.6. The van der Waals surface area contributed by atoms with Gasteiger partial charge in [-0.1, -0.05) is 80.0 Å². The van der Waals surface area contributed by atoms with E-state index in [1.165, 1.54) is 23.1 Å². The van der Waals surface area contributed by atoms with Crippen molar-refractivity contribution in [1.29, 1.82) is 0 Å². The van der Waals surface area contributed by atoms with E-state index in [2.05, 4.69) is 5.32 Å². The third-order valence-corrected chi connectivity index (χ3v) is 7.98. The largest absolute Gasteiger partial charge is 0.354 e. The predicted molar refractivity (Wildman–Crippen MR) is 157 cm³/mol. The molecule has 0 aliphatic rings. The topological polar surface area (TPSA) is 86.8 Å². The summed E-state index contributed by atoms with van der Waals surface area (Å²) in [5.41, 5.74) is 1.73. The highest BCUT2D eigenvalue weighted by molar-refractivity contribution is 7.92. The van der Waals surface area contributed by atoms with Crippen LogP contribution in [0, 0.1) is 18.7 Å². The maximum Gasteiger partial charge on any atom is 0.244 e. The molecule has 1 N–H and O–H groups in total. The second-order valence-corrected chi connectivity index (χ2v) is 12.4. The van der Waals surface area contributed by atoms with Gasteiger partial charge in [0.25, 0.3) is 0 Å². The van der Waals surface area contributed by atoms with Crippen molar-refractivity contribution in [3.05, 3.63) is 100 Å². The molecular weight excluding hydrogens is 553 g/mol. The fraction of sp³-hybridized carbons (Fsp3) is 0.333. The monoisotopic (exact) mass is 587 g/mol. The first-order valence-corrected chi connectivity index (χ1v) is 15.2. The molecule has 2 amide bonds. The van der Waals surface area contributed by atoms with Crippen molar-refractivity contribution in [2.75, 3.05) is 23.7 Å². The molecule has 0 unspecified atom stereocenters. The van der Waals surface area contributed by atoms with Gasteiger partial charge in [0.2, 0.25) is 21.8 Å². The lowest BCUT2D eigenvalue weighted by molar-refractivity contribution is -0.140. The van der Waals surface area contributed by atoms with E-state index >= 15 is 0 Å². The summed E-state index contributed by atoms with van der Waals surface area (Å²) in [5.74, 6) is -1.45. The van der Waals surface area contributed by atoms with Gasteiger partial charge in [0.1, 0.15) is 18.4 Å². The third kappa shape index (κ3) is 8.29. The molecule has 10 heteroatoms. The van der Waals surface area contributed by atoms with Gasteiger partial charge >= 0.3 is 0 Å². The molecule has 0 aliphatic carbocycles. The second kappa shape index (κ2) is 13.8. The van der Waals surface area contributed by atoms with Crippen molar-refractivity contribution >= 4 is 39.1 Å². The van der Waals surface area contributed by atoms with Gasteiger partial charge in [0, 0.05) is 30.1 Å². The summed E-state index contributed by atoms with van der Waals surface area (Å²) in [6.07, 6.45) is 1.15. The molecule has 3 rings (SSSR count). The number of carbonyl (C=O) groups is 2. The Morgan fingerprint density at radius 2 is 1.62 bits per heavy atom. The molecule has 0 saturated heterocycles. The van der Waals surface area contributed by atoms with Gasteiger partial charge in [-0.2, -0.15) is 0 Å². The van der Waals surface area contributed by atoms with Gasteiger partial charge < -0.3 is 10.2 Å². The maximum atomic E-state index is 14.8. The van der Waals surface area contributed by atoms with Gasteiger partial charge in [-0.25, -0.2) is 12.8 Å². The van der Waals surface area contributed by atoms with Gasteiger partial charge in [0.05, 0.1) is 11.9 Å². The molecule has 7 nitrogen and oxygen atoms in total. The number of amides is 2. The molecule has 0 bridgehead atoms. The molecule has 40 heavy (non-hydrogen) atoms. The summed E-state index contributed by atoms with van der Waals surface area (Å²) in [6, 6.07) is 18.9. The average Bonchev–Trinajstić information content (AvgIpc) is 2.90. The summed E-state index contributed by atoms with van der Waals surface area (Å²) in [5, 5.41) is 3.24. The molecule has 3 aromatic rings. The highest BCUT2D eigenvalue weighted by atomic mass is 35.5. The molecule has 0 aliphatic heterocycles. The van der Waals surface area contributed by atoms with Crippen LogP contribution in [0.25, 0.3) is 0 Å². The number of halogens is 2. The van der Waals surface area contributed by atoms with Crippen LogP contribution >= 0.6 is 11.6 Å². The van der Waals surface area contributed by atoms with Crippen molar-refractivity contribution < 1.29 is 22.4 Å². The number of hydrogen-bond donors (Lipinski definition) is 1. The minimum Gasteiger partial charge on any atom is -0.354 e. The zero-order valence-electron chi connectivity index (χ0n) is 23.1. The van der Waals surface area contributed by atoms with Crippen LogP contribution in [0.2, 0.25) is 5.02 Å². The Morgan fingerprint density at radius 1 is 0.975 bits per heavy atom. The van der Waals surface area contributed by atoms with Gasteiger partial charge in [0.15, 0.2) is 0 Å². The van der Waals surface area contributed by atoms with E-state index < -0.39 is 40.2 Å². The number of sulfonamides is 1. The predicted octanol–water partition coefficient (Wildman–Crippen LogP) is 4.97. The average molecular weight is 588 g/mol. The molecule has 0 fully saturated rings. The molecule has 3 aromatic carbocycles. The number of benzene rings is 3. The number of carbonyl (C=O) groups excluding carboxylic acids is 2. The SMILES string of the molecule is Cc1c(Cl)cccc1N(CC(=O)N(Cc1ccccc1F)[C@@H](Cc1ccccc1)C(=O)NCC(C)C)S(C)(=O)=O. The summed E-state index contributed by atoms with van der Waals surface area (Å²) in [4.78, 5) is 28.9. The summed E-state index contributed by atoms with van der Waals surface area (Å²) in [7, 11) is -3.94. The van der Waals surface area contributed by atoms with E-state index in [0.717, 1.165) is 16.1 Å². The van der Waals surface area contributed by atoms with E-state index in [4.69, 9.17) is 11.6 Å². The number of hydrogen-bond acceptors (Lipinski definition) is 4. The van der Waals surface area contributed by atoms with Crippen molar-refractivity contribution in [3.8, 4) is 0 Å². The first-order valence-electron chi connectivity index (χ1n) is 13.0. The van der Waals surface area contributed by atoms with Crippen molar-refractivity contribution in [2.24, 2.45) is 5.92 Å². The lowest BCUT2D eigenvalue weighted by Crippen LogP contribution is -2.53. The van der Waals surface area contributed by atoms with Crippen LogP contribution in [0.15, 0.2) is 72.8 Å². The molecule has 0 aromatic heterocycles. The van der Waals surface area contributed by atoms with E-state index in [1.807, 2.05) is 44.2 Å². The van der Waals surface area contributed by atoms with Crippen LogP contribution in [-0.4, -0.2) is 50.5 Å². The van der Waals surface area contributed by atoms with Crippen LogP contribution in [0.5, 0.6) is 0 Å². The molecule has 0 radical (unpaired) electrons. The molecule has 0 spiro atoms. The fourth-order valence-corrected chi connectivity index (χ4v) is 5.32. The van der Waals surface area contributed by atoms with Crippen LogP contribution in [0.4, 0.5) is 10.1 Å². The Bertz CT molecular complexity index is 1430.